The Morgan fingerprint density at radius 2 is 2.16 bits per heavy atom. The van der Waals surface area contributed by atoms with Crippen LogP contribution in [0.25, 0.3) is 0 Å². The largest absolute Gasteiger partial charge is 0.391 e. The van der Waals surface area contributed by atoms with Crippen molar-refractivity contribution in [3.63, 3.8) is 0 Å². The standard InChI is InChI=1S/C13H17N5O/c1-17-9-10(8-16-17)7-11-12(19)3-6-18(11)13-14-4-2-5-15-13/h2,4-5,8-9,11-12,19H,3,6-7H2,1H3/t11-,12+/m0/s1. The third-order valence-corrected chi connectivity index (χ3v) is 3.52. The molecule has 0 unspecified atom stereocenters. The number of rotatable bonds is 3. The Morgan fingerprint density at radius 3 is 2.84 bits per heavy atom. The second kappa shape index (κ2) is 4.97. The van der Waals surface area contributed by atoms with Crippen LogP contribution in [0.1, 0.15) is 12.0 Å². The van der Waals surface area contributed by atoms with Crippen molar-refractivity contribution in [3.8, 4) is 0 Å². The maximum Gasteiger partial charge on any atom is 0.225 e. The molecule has 1 saturated heterocycles. The van der Waals surface area contributed by atoms with Gasteiger partial charge in [0.1, 0.15) is 0 Å². The number of nitrogens with zero attached hydrogens (tertiary/aromatic N) is 5. The number of aryl methyl sites for hydroxylation is 1. The first kappa shape index (κ1) is 12.1. The monoisotopic (exact) mass is 259 g/mol. The van der Waals surface area contributed by atoms with Crippen molar-refractivity contribution in [1.82, 2.24) is 19.7 Å². The van der Waals surface area contributed by atoms with E-state index in [0.717, 1.165) is 24.9 Å². The summed E-state index contributed by atoms with van der Waals surface area (Å²) in [6.07, 6.45) is 8.45. The van der Waals surface area contributed by atoms with E-state index in [9.17, 15) is 5.11 Å². The van der Waals surface area contributed by atoms with Gasteiger partial charge in [0, 0.05) is 32.2 Å². The van der Waals surface area contributed by atoms with Crippen LogP contribution >= 0.6 is 0 Å². The topological polar surface area (TPSA) is 67.1 Å². The highest BCUT2D eigenvalue weighted by molar-refractivity contribution is 5.34. The molecular formula is C13H17N5O. The Labute approximate surface area is 111 Å². The van der Waals surface area contributed by atoms with Crippen LogP contribution in [0.3, 0.4) is 0 Å². The van der Waals surface area contributed by atoms with Crippen molar-refractivity contribution in [3.05, 3.63) is 36.4 Å². The minimum Gasteiger partial charge on any atom is -0.391 e. The molecule has 2 atom stereocenters. The molecule has 0 spiro atoms. The van der Waals surface area contributed by atoms with Crippen LogP contribution in [0.2, 0.25) is 0 Å². The van der Waals surface area contributed by atoms with E-state index in [0.29, 0.717) is 5.95 Å². The van der Waals surface area contributed by atoms with Crippen LogP contribution in [0.4, 0.5) is 5.95 Å². The van der Waals surface area contributed by atoms with E-state index in [2.05, 4.69) is 20.0 Å². The van der Waals surface area contributed by atoms with Crippen molar-refractivity contribution >= 4 is 5.95 Å². The molecule has 1 aliphatic rings. The first-order valence-corrected chi connectivity index (χ1v) is 6.43. The van der Waals surface area contributed by atoms with Crippen molar-refractivity contribution < 1.29 is 5.11 Å². The average Bonchev–Trinajstić information content (AvgIpc) is 2.99. The zero-order chi connectivity index (χ0) is 13.2. The smallest absolute Gasteiger partial charge is 0.225 e. The fourth-order valence-electron chi connectivity index (χ4n) is 2.59. The molecule has 0 saturated carbocycles. The molecule has 6 heteroatoms. The molecule has 2 aromatic rings. The minimum atomic E-state index is -0.344. The normalized spacial score (nSPS) is 22.9. The van der Waals surface area contributed by atoms with Gasteiger partial charge in [0.25, 0.3) is 0 Å². The van der Waals surface area contributed by atoms with Crippen LogP contribution in [-0.4, -0.2) is 43.5 Å². The van der Waals surface area contributed by atoms with E-state index < -0.39 is 0 Å². The van der Waals surface area contributed by atoms with E-state index >= 15 is 0 Å². The third-order valence-electron chi connectivity index (χ3n) is 3.52. The summed E-state index contributed by atoms with van der Waals surface area (Å²) in [7, 11) is 1.90. The zero-order valence-electron chi connectivity index (χ0n) is 10.8. The number of anilines is 1. The predicted molar refractivity (Wildman–Crippen MR) is 70.7 cm³/mol. The van der Waals surface area contributed by atoms with Gasteiger partial charge in [0.2, 0.25) is 5.95 Å². The van der Waals surface area contributed by atoms with Gasteiger partial charge in [-0.15, -0.1) is 0 Å². The minimum absolute atomic E-state index is 0.0200. The van der Waals surface area contributed by atoms with Gasteiger partial charge in [-0.3, -0.25) is 4.68 Å². The molecule has 0 aromatic carbocycles. The van der Waals surface area contributed by atoms with Crippen molar-refractivity contribution in [2.45, 2.75) is 25.0 Å². The van der Waals surface area contributed by atoms with Crippen molar-refractivity contribution in [1.29, 1.82) is 0 Å². The SMILES string of the molecule is Cn1cc(C[C@H]2[C@H](O)CCN2c2ncccn2)cn1. The van der Waals surface area contributed by atoms with Crippen LogP contribution in [0.15, 0.2) is 30.9 Å². The molecule has 0 radical (unpaired) electrons. The third kappa shape index (κ3) is 2.44. The van der Waals surface area contributed by atoms with Gasteiger partial charge < -0.3 is 10.0 Å². The zero-order valence-corrected chi connectivity index (χ0v) is 10.8. The number of aliphatic hydroxyl groups is 1. The molecule has 1 fully saturated rings. The lowest BCUT2D eigenvalue weighted by Crippen LogP contribution is -2.38. The number of hydrogen-bond donors (Lipinski definition) is 1. The summed E-state index contributed by atoms with van der Waals surface area (Å²) in [4.78, 5) is 10.6. The van der Waals surface area contributed by atoms with E-state index in [1.54, 1.807) is 23.1 Å². The van der Waals surface area contributed by atoms with E-state index in [-0.39, 0.29) is 12.1 Å². The van der Waals surface area contributed by atoms with Crippen LogP contribution in [0.5, 0.6) is 0 Å². The number of aromatic nitrogens is 4. The summed E-state index contributed by atoms with van der Waals surface area (Å²) < 4.78 is 1.78. The van der Waals surface area contributed by atoms with Crippen LogP contribution in [0, 0.1) is 0 Å². The Morgan fingerprint density at radius 1 is 1.37 bits per heavy atom. The molecule has 3 rings (SSSR count). The summed E-state index contributed by atoms with van der Waals surface area (Å²) in [6, 6.07) is 1.82. The maximum absolute atomic E-state index is 10.2. The second-order valence-electron chi connectivity index (χ2n) is 4.89. The van der Waals surface area contributed by atoms with Gasteiger partial charge >= 0.3 is 0 Å². The Kier molecular flexibility index (Phi) is 3.16. The fraction of sp³-hybridized carbons (Fsp3) is 0.462. The summed E-state index contributed by atoms with van der Waals surface area (Å²) in [5, 5.41) is 14.3. The molecule has 3 heterocycles. The van der Waals surface area contributed by atoms with Crippen molar-refractivity contribution in [2.75, 3.05) is 11.4 Å². The van der Waals surface area contributed by atoms with Crippen LogP contribution < -0.4 is 4.90 Å². The number of aliphatic hydroxyl groups excluding tert-OH is 1. The Bertz CT molecular complexity index is 541. The van der Waals surface area contributed by atoms with E-state index in [4.69, 9.17) is 0 Å². The first-order chi connectivity index (χ1) is 9.24. The molecule has 1 N–H and O–H groups in total. The average molecular weight is 259 g/mol. The summed E-state index contributed by atoms with van der Waals surface area (Å²) in [6.45, 7) is 0.788. The molecular weight excluding hydrogens is 242 g/mol. The highest BCUT2D eigenvalue weighted by Crippen LogP contribution is 2.25. The Balaban J connectivity index is 1.81. The van der Waals surface area contributed by atoms with Gasteiger partial charge in [0.05, 0.1) is 18.3 Å². The van der Waals surface area contributed by atoms with Gasteiger partial charge in [-0.1, -0.05) is 0 Å². The Hall–Kier alpha value is -1.95. The quantitative estimate of drug-likeness (QED) is 0.864. The van der Waals surface area contributed by atoms with E-state index in [1.807, 2.05) is 19.4 Å². The van der Waals surface area contributed by atoms with Gasteiger partial charge in [0.15, 0.2) is 0 Å². The van der Waals surface area contributed by atoms with Gasteiger partial charge in [-0.25, -0.2) is 9.97 Å². The molecule has 0 aliphatic carbocycles. The summed E-state index contributed by atoms with van der Waals surface area (Å²) in [5.74, 6) is 0.688. The highest BCUT2D eigenvalue weighted by Gasteiger charge is 2.34. The maximum atomic E-state index is 10.2. The van der Waals surface area contributed by atoms with Gasteiger partial charge in [-0.2, -0.15) is 5.10 Å². The van der Waals surface area contributed by atoms with E-state index in [1.165, 1.54) is 0 Å². The molecule has 0 amide bonds. The first-order valence-electron chi connectivity index (χ1n) is 6.43. The number of hydrogen-bond acceptors (Lipinski definition) is 5. The lowest BCUT2D eigenvalue weighted by Gasteiger charge is -2.25. The lowest BCUT2D eigenvalue weighted by molar-refractivity contribution is 0.163. The lowest BCUT2D eigenvalue weighted by atomic mass is 10.1. The molecule has 19 heavy (non-hydrogen) atoms. The molecule has 1 aliphatic heterocycles. The van der Waals surface area contributed by atoms with Gasteiger partial charge in [-0.05, 0) is 24.5 Å². The molecule has 6 nitrogen and oxygen atoms in total. The summed E-state index contributed by atoms with van der Waals surface area (Å²) in [5.41, 5.74) is 1.12. The molecule has 0 bridgehead atoms. The molecule has 2 aromatic heterocycles. The second-order valence-corrected chi connectivity index (χ2v) is 4.89. The van der Waals surface area contributed by atoms with Crippen molar-refractivity contribution in [2.24, 2.45) is 7.05 Å². The summed E-state index contributed by atoms with van der Waals surface area (Å²) >= 11 is 0. The predicted octanol–water partition coefficient (Wildman–Crippen LogP) is 0.392. The van der Waals surface area contributed by atoms with Crippen LogP contribution in [-0.2, 0) is 13.5 Å². The highest BCUT2D eigenvalue weighted by atomic mass is 16.3. The fourth-order valence-corrected chi connectivity index (χ4v) is 2.59. The molecule has 100 valence electrons.